The van der Waals surface area contributed by atoms with Crippen LogP contribution in [0.15, 0.2) is 22.7 Å². The van der Waals surface area contributed by atoms with Crippen LogP contribution in [0, 0.1) is 6.92 Å². The maximum atomic E-state index is 6.11. The fourth-order valence-electron chi connectivity index (χ4n) is 2.99. The Hall–Kier alpha value is -1.59. The van der Waals surface area contributed by atoms with Gasteiger partial charge in [-0.2, -0.15) is 4.98 Å². The van der Waals surface area contributed by atoms with E-state index >= 15 is 0 Å². The molecule has 1 aliphatic heterocycles. The zero-order valence-corrected chi connectivity index (χ0v) is 13.6. The van der Waals surface area contributed by atoms with E-state index in [0.717, 1.165) is 54.7 Å². The number of aryl methyl sites for hydroxylation is 1. The first-order valence-electron chi connectivity index (χ1n) is 7.50. The SMILES string of the molecule is COc1ccc(Cl)cc1CN1CCCC(c2nc(C)no2)C1. The molecule has 0 amide bonds. The minimum atomic E-state index is 0.306. The topological polar surface area (TPSA) is 51.4 Å². The van der Waals surface area contributed by atoms with E-state index in [1.807, 2.05) is 25.1 Å². The van der Waals surface area contributed by atoms with Gasteiger partial charge >= 0.3 is 0 Å². The number of likely N-dealkylation sites (tertiary alicyclic amines) is 1. The lowest BCUT2D eigenvalue weighted by Crippen LogP contribution is -2.34. The summed E-state index contributed by atoms with van der Waals surface area (Å²) in [6.45, 7) is 4.63. The van der Waals surface area contributed by atoms with Gasteiger partial charge < -0.3 is 9.26 Å². The lowest BCUT2D eigenvalue weighted by Gasteiger charge is -2.31. The highest BCUT2D eigenvalue weighted by Gasteiger charge is 2.26. The minimum absolute atomic E-state index is 0.306. The molecular formula is C16H20ClN3O2. The largest absolute Gasteiger partial charge is 0.496 e. The normalized spacial score (nSPS) is 19.3. The van der Waals surface area contributed by atoms with Crippen molar-refractivity contribution in [2.45, 2.75) is 32.2 Å². The molecule has 0 aliphatic carbocycles. The quantitative estimate of drug-likeness (QED) is 0.863. The van der Waals surface area contributed by atoms with Crippen LogP contribution in [0.5, 0.6) is 5.75 Å². The molecule has 118 valence electrons. The standard InChI is InChI=1S/C16H20ClN3O2/c1-11-18-16(22-19-11)12-4-3-7-20(9-12)10-13-8-14(17)5-6-15(13)21-2/h5-6,8,12H,3-4,7,9-10H2,1-2H3. The van der Waals surface area contributed by atoms with E-state index in [2.05, 4.69) is 15.0 Å². The summed E-state index contributed by atoms with van der Waals surface area (Å²) in [5.41, 5.74) is 1.11. The zero-order chi connectivity index (χ0) is 15.5. The van der Waals surface area contributed by atoms with Crippen LogP contribution >= 0.6 is 11.6 Å². The van der Waals surface area contributed by atoms with Gasteiger partial charge in [-0.1, -0.05) is 16.8 Å². The molecule has 1 atom stereocenters. The highest BCUT2D eigenvalue weighted by molar-refractivity contribution is 6.30. The number of rotatable bonds is 4. The van der Waals surface area contributed by atoms with Crippen molar-refractivity contribution in [3.8, 4) is 5.75 Å². The summed E-state index contributed by atoms with van der Waals surface area (Å²) in [5, 5.41) is 4.63. The summed E-state index contributed by atoms with van der Waals surface area (Å²) >= 11 is 6.11. The summed E-state index contributed by atoms with van der Waals surface area (Å²) < 4.78 is 10.8. The van der Waals surface area contributed by atoms with Gasteiger partial charge in [0, 0.05) is 23.7 Å². The highest BCUT2D eigenvalue weighted by Crippen LogP contribution is 2.29. The lowest BCUT2D eigenvalue weighted by atomic mass is 9.97. The smallest absolute Gasteiger partial charge is 0.231 e. The molecular weight excluding hydrogens is 302 g/mol. The second-order valence-corrected chi connectivity index (χ2v) is 6.15. The Bertz CT molecular complexity index is 644. The summed E-state index contributed by atoms with van der Waals surface area (Å²) in [7, 11) is 1.69. The van der Waals surface area contributed by atoms with Crippen LogP contribution in [-0.2, 0) is 6.54 Å². The molecule has 0 bridgehead atoms. The van der Waals surface area contributed by atoms with Gasteiger partial charge in [-0.25, -0.2) is 0 Å². The molecule has 0 saturated carbocycles. The van der Waals surface area contributed by atoms with Crippen LogP contribution in [0.1, 0.15) is 36.0 Å². The van der Waals surface area contributed by atoms with E-state index in [-0.39, 0.29) is 0 Å². The molecule has 5 nitrogen and oxygen atoms in total. The minimum Gasteiger partial charge on any atom is -0.496 e. The first kappa shape index (κ1) is 15.3. The maximum absolute atomic E-state index is 6.11. The summed E-state index contributed by atoms with van der Waals surface area (Å²) in [6, 6.07) is 5.74. The van der Waals surface area contributed by atoms with Gasteiger partial charge in [0.2, 0.25) is 5.89 Å². The fourth-order valence-corrected chi connectivity index (χ4v) is 3.19. The average molecular weight is 322 g/mol. The summed E-state index contributed by atoms with van der Waals surface area (Å²) in [4.78, 5) is 6.76. The third-order valence-corrected chi connectivity index (χ3v) is 4.27. The lowest BCUT2D eigenvalue weighted by molar-refractivity contribution is 0.178. The van der Waals surface area contributed by atoms with Crippen LogP contribution in [0.25, 0.3) is 0 Å². The Morgan fingerprint density at radius 2 is 2.32 bits per heavy atom. The number of nitrogens with zero attached hydrogens (tertiary/aromatic N) is 3. The second kappa shape index (κ2) is 6.67. The Labute approximate surface area is 135 Å². The van der Waals surface area contributed by atoms with E-state index < -0.39 is 0 Å². The van der Waals surface area contributed by atoms with Crippen molar-refractivity contribution in [3.05, 3.63) is 40.5 Å². The molecule has 22 heavy (non-hydrogen) atoms. The van der Waals surface area contributed by atoms with Gasteiger partial charge in [-0.15, -0.1) is 0 Å². The Kier molecular flexibility index (Phi) is 4.64. The molecule has 2 heterocycles. The molecule has 1 unspecified atom stereocenters. The Morgan fingerprint density at radius 1 is 1.45 bits per heavy atom. The van der Waals surface area contributed by atoms with E-state index in [9.17, 15) is 0 Å². The van der Waals surface area contributed by atoms with Crippen LogP contribution < -0.4 is 4.74 Å². The number of hydrogen-bond donors (Lipinski definition) is 0. The Morgan fingerprint density at radius 3 is 3.05 bits per heavy atom. The number of methoxy groups -OCH3 is 1. The molecule has 6 heteroatoms. The van der Waals surface area contributed by atoms with Crippen LogP contribution in [0.2, 0.25) is 5.02 Å². The van der Waals surface area contributed by atoms with Gasteiger partial charge in [-0.05, 0) is 44.5 Å². The maximum Gasteiger partial charge on any atom is 0.231 e. The van der Waals surface area contributed by atoms with Crippen molar-refractivity contribution >= 4 is 11.6 Å². The van der Waals surface area contributed by atoms with Crippen molar-refractivity contribution in [2.75, 3.05) is 20.2 Å². The molecule has 0 spiro atoms. The Balaban J connectivity index is 1.71. The number of halogens is 1. The van der Waals surface area contributed by atoms with Crippen molar-refractivity contribution in [1.82, 2.24) is 15.0 Å². The number of ether oxygens (including phenoxy) is 1. The van der Waals surface area contributed by atoms with Gasteiger partial charge in [-0.3, -0.25) is 4.90 Å². The number of benzene rings is 1. The van der Waals surface area contributed by atoms with Crippen LogP contribution in [0.3, 0.4) is 0 Å². The first-order valence-corrected chi connectivity index (χ1v) is 7.88. The molecule has 0 radical (unpaired) electrons. The number of piperidine rings is 1. The van der Waals surface area contributed by atoms with E-state index in [1.54, 1.807) is 7.11 Å². The monoisotopic (exact) mass is 321 g/mol. The van der Waals surface area contributed by atoms with E-state index in [1.165, 1.54) is 0 Å². The van der Waals surface area contributed by atoms with Crippen LogP contribution in [-0.4, -0.2) is 35.2 Å². The molecule has 1 aromatic heterocycles. The van der Waals surface area contributed by atoms with Gasteiger partial charge in [0.1, 0.15) is 5.75 Å². The number of aromatic nitrogens is 2. The fraction of sp³-hybridized carbons (Fsp3) is 0.500. The second-order valence-electron chi connectivity index (χ2n) is 5.71. The summed E-state index contributed by atoms with van der Waals surface area (Å²) in [6.07, 6.45) is 2.21. The molecule has 3 rings (SSSR count). The van der Waals surface area contributed by atoms with Crippen LogP contribution in [0.4, 0.5) is 0 Å². The highest BCUT2D eigenvalue weighted by atomic mass is 35.5. The van der Waals surface area contributed by atoms with Gasteiger partial charge in [0.05, 0.1) is 13.0 Å². The molecule has 1 aliphatic rings. The molecule has 0 N–H and O–H groups in total. The van der Waals surface area contributed by atoms with Gasteiger partial charge in [0.25, 0.3) is 0 Å². The summed E-state index contributed by atoms with van der Waals surface area (Å²) in [5.74, 6) is 2.63. The predicted octanol–water partition coefficient (Wildman–Crippen LogP) is 3.42. The van der Waals surface area contributed by atoms with Crippen molar-refractivity contribution in [3.63, 3.8) is 0 Å². The molecule has 1 aromatic carbocycles. The van der Waals surface area contributed by atoms with Crippen molar-refractivity contribution < 1.29 is 9.26 Å². The third-order valence-electron chi connectivity index (χ3n) is 4.03. The zero-order valence-electron chi connectivity index (χ0n) is 12.9. The molecule has 1 saturated heterocycles. The number of hydrogen-bond acceptors (Lipinski definition) is 5. The van der Waals surface area contributed by atoms with Crippen molar-refractivity contribution in [2.24, 2.45) is 0 Å². The first-order chi connectivity index (χ1) is 10.7. The van der Waals surface area contributed by atoms with E-state index in [4.69, 9.17) is 20.9 Å². The average Bonchev–Trinajstić information content (AvgIpc) is 2.94. The predicted molar refractivity (Wildman–Crippen MR) is 84.3 cm³/mol. The molecule has 2 aromatic rings. The van der Waals surface area contributed by atoms with Gasteiger partial charge in [0.15, 0.2) is 5.82 Å². The third kappa shape index (κ3) is 3.42. The van der Waals surface area contributed by atoms with E-state index in [0.29, 0.717) is 11.7 Å². The van der Waals surface area contributed by atoms with Crippen molar-refractivity contribution in [1.29, 1.82) is 0 Å². The molecule has 1 fully saturated rings.